The summed E-state index contributed by atoms with van der Waals surface area (Å²) < 4.78 is 14.4. The number of hydrogen-bond donors (Lipinski definition) is 1. The first kappa shape index (κ1) is 20.1. The molecular formula is C26H21FO2. The summed E-state index contributed by atoms with van der Waals surface area (Å²) in [6.07, 6.45) is 1.86. The molecule has 0 saturated carbocycles. The Hall–Kier alpha value is -3.64. The first-order valence-corrected chi connectivity index (χ1v) is 9.41. The SMILES string of the molecule is C=C(C(=O)O)c1ccc(C#Cc2ccc(-c3ccc(CCC)cc3F)cc2)cc1. The summed E-state index contributed by atoms with van der Waals surface area (Å²) in [5.74, 6) is 4.86. The second kappa shape index (κ2) is 9.03. The molecule has 0 aromatic heterocycles. The molecule has 0 amide bonds. The Balaban J connectivity index is 1.75. The smallest absolute Gasteiger partial charge is 0.335 e. The van der Waals surface area contributed by atoms with Crippen LogP contribution < -0.4 is 0 Å². The number of rotatable bonds is 5. The minimum absolute atomic E-state index is 0.0510. The van der Waals surface area contributed by atoms with Crippen LogP contribution in [0.2, 0.25) is 0 Å². The third-order valence-electron chi connectivity index (χ3n) is 4.61. The Morgan fingerprint density at radius 2 is 1.55 bits per heavy atom. The van der Waals surface area contributed by atoms with Crippen molar-refractivity contribution in [3.05, 3.63) is 101 Å². The summed E-state index contributed by atoms with van der Waals surface area (Å²) in [6.45, 7) is 5.61. The summed E-state index contributed by atoms with van der Waals surface area (Å²) in [7, 11) is 0. The summed E-state index contributed by atoms with van der Waals surface area (Å²) >= 11 is 0. The molecule has 3 aromatic carbocycles. The number of halogens is 1. The maximum Gasteiger partial charge on any atom is 0.335 e. The molecule has 3 heteroatoms. The fourth-order valence-corrected chi connectivity index (χ4v) is 2.99. The number of aryl methyl sites for hydroxylation is 1. The van der Waals surface area contributed by atoms with E-state index in [0.717, 1.165) is 35.1 Å². The van der Waals surface area contributed by atoms with Crippen LogP contribution in [0.5, 0.6) is 0 Å². The van der Waals surface area contributed by atoms with E-state index in [-0.39, 0.29) is 11.4 Å². The van der Waals surface area contributed by atoms with Crippen LogP contribution in [0, 0.1) is 17.7 Å². The molecule has 0 fully saturated rings. The molecule has 0 spiro atoms. The number of carbonyl (C=O) groups is 1. The van der Waals surface area contributed by atoms with Gasteiger partial charge < -0.3 is 5.11 Å². The van der Waals surface area contributed by atoms with Gasteiger partial charge >= 0.3 is 5.97 Å². The largest absolute Gasteiger partial charge is 0.478 e. The van der Waals surface area contributed by atoms with E-state index in [9.17, 15) is 9.18 Å². The van der Waals surface area contributed by atoms with Gasteiger partial charge in [0.1, 0.15) is 5.82 Å². The van der Waals surface area contributed by atoms with E-state index < -0.39 is 5.97 Å². The Labute approximate surface area is 170 Å². The van der Waals surface area contributed by atoms with Gasteiger partial charge in [0.25, 0.3) is 0 Å². The van der Waals surface area contributed by atoms with Crippen molar-refractivity contribution in [1.29, 1.82) is 0 Å². The topological polar surface area (TPSA) is 37.3 Å². The van der Waals surface area contributed by atoms with Gasteiger partial charge in [-0.2, -0.15) is 0 Å². The molecule has 0 saturated heterocycles. The predicted octanol–water partition coefficient (Wildman–Crippen LogP) is 5.94. The highest BCUT2D eigenvalue weighted by Crippen LogP contribution is 2.24. The molecule has 29 heavy (non-hydrogen) atoms. The second-order valence-corrected chi connectivity index (χ2v) is 6.75. The summed E-state index contributed by atoms with van der Waals surface area (Å²) in [5, 5.41) is 8.97. The quantitative estimate of drug-likeness (QED) is 0.436. The lowest BCUT2D eigenvalue weighted by Gasteiger charge is -2.06. The molecule has 3 rings (SSSR count). The van der Waals surface area contributed by atoms with Crippen molar-refractivity contribution < 1.29 is 14.3 Å². The summed E-state index contributed by atoms with van der Waals surface area (Å²) in [5.41, 5.74) is 4.60. The Kier molecular flexibility index (Phi) is 6.26. The van der Waals surface area contributed by atoms with Crippen LogP contribution in [-0.4, -0.2) is 11.1 Å². The van der Waals surface area contributed by atoms with Crippen LogP contribution in [0.1, 0.15) is 35.6 Å². The van der Waals surface area contributed by atoms with Crippen LogP contribution in [-0.2, 0) is 11.2 Å². The van der Waals surface area contributed by atoms with Gasteiger partial charge in [0.15, 0.2) is 0 Å². The molecule has 0 aliphatic heterocycles. The van der Waals surface area contributed by atoms with Gasteiger partial charge in [0.2, 0.25) is 0 Å². The summed E-state index contributed by atoms with van der Waals surface area (Å²) in [4.78, 5) is 10.9. The predicted molar refractivity (Wildman–Crippen MR) is 115 cm³/mol. The lowest BCUT2D eigenvalue weighted by molar-refractivity contribution is -0.130. The van der Waals surface area contributed by atoms with Crippen molar-refractivity contribution in [1.82, 2.24) is 0 Å². The van der Waals surface area contributed by atoms with Crippen LogP contribution in [0.4, 0.5) is 4.39 Å². The van der Waals surface area contributed by atoms with Gasteiger partial charge in [-0.05, 0) is 53.4 Å². The first-order chi connectivity index (χ1) is 14.0. The molecule has 0 bridgehead atoms. The molecule has 0 aliphatic rings. The fraction of sp³-hybridized carbons (Fsp3) is 0.115. The number of carboxylic acids is 1. The van der Waals surface area contributed by atoms with Crippen molar-refractivity contribution in [3.8, 4) is 23.0 Å². The highest BCUT2D eigenvalue weighted by atomic mass is 19.1. The van der Waals surface area contributed by atoms with E-state index >= 15 is 0 Å². The molecule has 2 nitrogen and oxygen atoms in total. The Morgan fingerprint density at radius 3 is 2.07 bits per heavy atom. The first-order valence-electron chi connectivity index (χ1n) is 9.41. The minimum Gasteiger partial charge on any atom is -0.478 e. The third-order valence-corrected chi connectivity index (χ3v) is 4.61. The van der Waals surface area contributed by atoms with Crippen molar-refractivity contribution in [3.63, 3.8) is 0 Å². The van der Waals surface area contributed by atoms with E-state index in [1.807, 2.05) is 36.4 Å². The zero-order chi connectivity index (χ0) is 20.8. The zero-order valence-corrected chi connectivity index (χ0v) is 16.2. The molecule has 0 aliphatic carbocycles. The molecule has 144 valence electrons. The van der Waals surface area contributed by atoms with Crippen molar-refractivity contribution in [2.75, 3.05) is 0 Å². The van der Waals surface area contributed by atoms with Crippen molar-refractivity contribution in [2.24, 2.45) is 0 Å². The zero-order valence-electron chi connectivity index (χ0n) is 16.2. The average Bonchev–Trinajstić information content (AvgIpc) is 2.73. The maximum absolute atomic E-state index is 14.4. The van der Waals surface area contributed by atoms with Gasteiger partial charge in [0, 0.05) is 16.7 Å². The average molecular weight is 384 g/mol. The summed E-state index contributed by atoms with van der Waals surface area (Å²) in [6, 6.07) is 19.8. The Bertz CT molecular complexity index is 1100. The van der Waals surface area contributed by atoms with Crippen LogP contribution in [0.15, 0.2) is 73.3 Å². The van der Waals surface area contributed by atoms with Gasteiger partial charge in [-0.1, -0.05) is 68.2 Å². The van der Waals surface area contributed by atoms with E-state index in [4.69, 9.17) is 5.11 Å². The second-order valence-electron chi connectivity index (χ2n) is 6.75. The molecule has 0 heterocycles. The highest BCUT2D eigenvalue weighted by molar-refractivity contribution is 6.14. The standard InChI is InChI=1S/C26H21FO2/c1-3-4-21-11-16-24(25(27)17-21)23-14-9-20(10-15-23)6-5-19-7-12-22(13-8-19)18(2)26(28)29/h7-17H,2-4H2,1H3,(H,28,29). The highest BCUT2D eigenvalue weighted by Gasteiger charge is 2.07. The number of hydrogen-bond acceptors (Lipinski definition) is 1. The number of benzene rings is 3. The third kappa shape index (κ3) is 5.00. The van der Waals surface area contributed by atoms with Crippen molar-refractivity contribution >= 4 is 11.5 Å². The molecule has 0 unspecified atom stereocenters. The van der Waals surface area contributed by atoms with E-state index in [2.05, 4.69) is 25.3 Å². The van der Waals surface area contributed by atoms with Gasteiger partial charge in [-0.3, -0.25) is 0 Å². The minimum atomic E-state index is -1.04. The lowest BCUT2D eigenvalue weighted by atomic mass is 10.0. The van der Waals surface area contributed by atoms with E-state index in [1.54, 1.807) is 30.3 Å². The van der Waals surface area contributed by atoms with Crippen LogP contribution in [0.3, 0.4) is 0 Å². The number of aliphatic carboxylic acids is 1. The maximum atomic E-state index is 14.4. The van der Waals surface area contributed by atoms with Gasteiger partial charge in [-0.15, -0.1) is 0 Å². The monoisotopic (exact) mass is 384 g/mol. The normalized spacial score (nSPS) is 10.1. The van der Waals surface area contributed by atoms with Crippen molar-refractivity contribution in [2.45, 2.75) is 19.8 Å². The lowest BCUT2D eigenvalue weighted by Crippen LogP contribution is -1.97. The van der Waals surface area contributed by atoms with E-state index in [0.29, 0.717) is 11.1 Å². The number of carboxylic acid groups (broad SMARTS) is 1. The Morgan fingerprint density at radius 1 is 0.966 bits per heavy atom. The van der Waals surface area contributed by atoms with Crippen LogP contribution >= 0.6 is 0 Å². The van der Waals surface area contributed by atoms with Gasteiger partial charge in [0.05, 0.1) is 5.57 Å². The molecule has 0 atom stereocenters. The fourth-order valence-electron chi connectivity index (χ4n) is 2.99. The van der Waals surface area contributed by atoms with Gasteiger partial charge in [-0.25, -0.2) is 9.18 Å². The van der Waals surface area contributed by atoms with Crippen LogP contribution in [0.25, 0.3) is 16.7 Å². The van der Waals surface area contributed by atoms with E-state index in [1.165, 1.54) is 0 Å². The molecule has 1 N–H and O–H groups in total. The molecular weight excluding hydrogens is 363 g/mol. The molecule has 3 aromatic rings. The molecule has 0 radical (unpaired) electrons.